The number of aldehydes is 1. The van der Waals surface area contributed by atoms with Gasteiger partial charge in [0.15, 0.2) is 6.29 Å². The standard InChI is InChI=1S/C6H12O5/c1-6(11,4(9)2-7)5(10)3-8/h2,4-5,8-11H,3H2,1H3/t4-,5-,6+/m1/s1. The number of aliphatic hydroxyl groups is 4. The average molecular weight is 164 g/mol. The Kier molecular flexibility index (Phi) is 3.61. The summed E-state index contributed by atoms with van der Waals surface area (Å²) in [6, 6.07) is 0. The number of hydrogen-bond acceptors (Lipinski definition) is 5. The third-order valence-corrected chi connectivity index (χ3v) is 1.58. The van der Waals surface area contributed by atoms with E-state index in [-0.39, 0.29) is 6.29 Å². The van der Waals surface area contributed by atoms with Gasteiger partial charge in [-0.15, -0.1) is 0 Å². The van der Waals surface area contributed by atoms with Crippen molar-refractivity contribution >= 4 is 6.29 Å². The Hall–Kier alpha value is -0.490. The molecule has 5 nitrogen and oxygen atoms in total. The van der Waals surface area contributed by atoms with Gasteiger partial charge in [0.2, 0.25) is 0 Å². The van der Waals surface area contributed by atoms with Crippen molar-refractivity contribution in [3.63, 3.8) is 0 Å². The summed E-state index contributed by atoms with van der Waals surface area (Å²) in [4.78, 5) is 9.97. The van der Waals surface area contributed by atoms with E-state index in [4.69, 9.17) is 20.4 Å². The molecule has 3 atom stereocenters. The van der Waals surface area contributed by atoms with Crippen molar-refractivity contribution in [1.82, 2.24) is 0 Å². The lowest BCUT2D eigenvalue weighted by molar-refractivity contribution is -0.155. The van der Waals surface area contributed by atoms with Crippen LogP contribution < -0.4 is 0 Å². The first kappa shape index (κ1) is 10.5. The van der Waals surface area contributed by atoms with Crippen LogP contribution in [0.4, 0.5) is 0 Å². The van der Waals surface area contributed by atoms with Crippen molar-refractivity contribution in [3.05, 3.63) is 0 Å². The maximum Gasteiger partial charge on any atom is 0.151 e. The number of rotatable bonds is 4. The van der Waals surface area contributed by atoms with Gasteiger partial charge in [-0.1, -0.05) is 0 Å². The fraction of sp³-hybridized carbons (Fsp3) is 0.833. The Morgan fingerprint density at radius 2 is 2.00 bits per heavy atom. The molecule has 4 N–H and O–H groups in total. The minimum Gasteiger partial charge on any atom is -0.394 e. The molecule has 0 aromatic heterocycles. The van der Waals surface area contributed by atoms with Crippen molar-refractivity contribution < 1.29 is 25.2 Å². The van der Waals surface area contributed by atoms with Gasteiger partial charge in [-0.25, -0.2) is 0 Å². The fourth-order valence-corrected chi connectivity index (χ4v) is 0.520. The van der Waals surface area contributed by atoms with Crippen molar-refractivity contribution in [2.24, 2.45) is 0 Å². The second-order valence-electron chi connectivity index (χ2n) is 2.51. The Labute approximate surface area is 63.9 Å². The lowest BCUT2D eigenvalue weighted by Crippen LogP contribution is -2.51. The highest BCUT2D eigenvalue weighted by Crippen LogP contribution is 2.13. The summed E-state index contributed by atoms with van der Waals surface area (Å²) < 4.78 is 0. The van der Waals surface area contributed by atoms with E-state index in [1.54, 1.807) is 0 Å². The zero-order chi connectivity index (χ0) is 9.07. The molecule has 0 aromatic carbocycles. The van der Waals surface area contributed by atoms with Crippen molar-refractivity contribution in [3.8, 4) is 0 Å². The molecule has 0 radical (unpaired) electrons. The molecule has 0 heterocycles. The SMILES string of the molecule is C[C@](O)([C@H](O)C=O)[C@H](O)CO. The topological polar surface area (TPSA) is 98.0 Å². The quantitative estimate of drug-likeness (QED) is 0.349. The number of hydrogen-bond donors (Lipinski definition) is 4. The van der Waals surface area contributed by atoms with E-state index in [0.29, 0.717) is 0 Å². The van der Waals surface area contributed by atoms with E-state index in [1.165, 1.54) is 0 Å². The maximum atomic E-state index is 9.97. The molecule has 0 spiro atoms. The minimum atomic E-state index is -1.99. The highest BCUT2D eigenvalue weighted by atomic mass is 16.4. The van der Waals surface area contributed by atoms with Gasteiger partial charge < -0.3 is 25.2 Å². The average Bonchev–Trinajstić information content (AvgIpc) is 2.01. The van der Waals surface area contributed by atoms with Gasteiger partial charge >= 0.3 is 0 Å². The number of aliphatic hydroxyl groups excluding tert-OH is 3. The summed E-state index contributed by atoms with van der Waals surface area (Å²) in [5.74, 6) is 0. The molecule has 11 heavy (non-hydrogen) atoms. The van der Waals surface area contributed by atoms with E-state index in [9.17, 15) is 4.79 Å². The Morgan fingerprint density at radius 1 is 1.55 bits per heavy atom. The number of carbonyl (C=O) groups is 1. The highest BCUT2D eigenvalue weighted by Gasteiger charge is 2.37. The van der Waals surface area contributed by atoms with E-state index < -0.39 is 24.4 Å². The highest BCUT2D eigenvalue weighted by molar-refractivity contribution is 5.58. The fourth-order valence-electron chi connectivity index (χ4n) is 0.520. The molecule has 0 unspecified atom stereocenters. The van der Waals surface area contributed by atoms with Gasteiger partial charge in [-0.3, -0.25) is 0 Å². The number of carbonyl (C=O) groups excluding carboxylic acids is 1. The molecule has 5 heteroatoms. The predicted octanol–water partition coefficient (Wildman–Crippen LogP) is -2.35. The monoisotopic (exact) mass is 164 g/mol. The van der Waals surface area contributed by atoms with Crippen LogP contribution in [0.25, 0.3) is 0 Å². The first-order valence-electron chi connectivity index (χ1n) is 3.11. The molecular formula is C6H12O5. The largest absolute Gasteiger partial charge is 0.394 e. The molecule has 0 aliphatic heterocycles. The lowest BCUT2D eigenvalue weighted by atomic mass is 9.94. The lowest BCUT2D eigenvalue weighted by Gasteiger charge is -2.29. The Balaban J connectivity index is 4.29. The van der Waals surface area contributed by atoms with Gasteiger partial charge in [-0.05, 0) is 6.92 Å². The third-order valence-electron chi connectivity index (χ3n) is 1.58. The van der Waals surface area contributed by atoms with Crippen LogP contribution in [0.2, 0.25) is 0 Å². The predicted molar refractivity (Wildman–Crippen MR) is 35.8 cm³/mol. The molecule has 0 bridgehead atoms. The molecule has 0 amide bonds. The Bertz CT molecular complexity index is 133. The van der Waals surface area contributed by atoms with Crippen LogP contribution in [-0.4, -0.2) is 51.1 Å². The van der Waals surface area contributed by atoms with Gasteiger partial charge in [-0.2, -0.15) is 0 Å². The van der Waals surface area contributed by atoms with Crippen LogP contribution in [0.1, 0.15) is 6.92 Å². The summed E-state index contributed by atoms with van der Waals surface area (Å²) in [7, 11) is 0. The van der Waals surface area contributed by atoms with Crippen molar-refractivity contribution in [1.29, 1.82) is 0 Å². The summed E-state index contributed by atoms with van der Waals surface area (Å²) in [6.45, 7) is 0.352. The van der Waals surface area contributed by atoms with Crippen LogP contribution in [0, 0.1) is 0 Å². The molecule has 0 aromatic rings. The molecule has 0 aliphatic carbocycles. The molecule has 0 aliphatic rings. The Morgan fingerprint density at radius 3 is 2.27 bits per heavy atom. The van der Waals surface area contributed by atoms with Crippen LogP contribution in [0.5, 0.6) is 0 Å². The molecule has 0 saturated heterocycles. The van der Waals surface area contributed by atoms with Gasteiger partial charge in [0.05, 0.1) is 6.61 Å². The van der Waals surface area contributed by atoms with E-state index in [1.807, 2.05) is 0 Å². The second kappa shape index (κ2) is 3.77. The van der Waals surface area contributed by atoms with Crippen LogP contribution in [0.3, 0.4) is 0 Å². The summed E-state index contributed by atoms with van der Waals surface area (Å²) in [5.41, 5.74) is -1.99. The van der Waals surface area contributed by atoms with Gasteiger partial charge in [0.1, 0.15) is 17.8 Å². The van der Waals surface area contributed by atoms with E-state index in [2.05, 4.69) is 0 Å². The maximum absolute atomic E-state index is 9.97. The van der Waals surface area contributed by atoms with Gasteiger partial charge in [0, 0.05) is 0 Å². The first-order chi connectivity index (χ1) is 4.96. The van der Waals surface area contributed by atoms with Crippen molar-refractivity contribution in [2.75, 3.05) is 6.61 Å². The van der Waals surface area contributed by atoms with E-state index in [0.717, 1.165) is 6.92 Å². The van der Waals surface area contributed by atoms with Crippen LogP contribution in [0.15, 0.2) is 0 Å². The molecule has 0 fully saturated rings. The van der Waals surface area contributed by atoms with Crippen LogP contribution in [-0.2, 0) is 4.79 Å². The normalized spacial score (nSPS) is 21.9. The molecule has 66 valence electrons. The smallest absolute Gasteiger partial charge is 0.151 e. The first-order valence-corrected chi connectivity index (χ1v) is 3.11. The minimum absolute atomic E-state index is 0.0961. The van der Waals surface area contributed by atoms with Gasteiger partial charge in [0.25, 0.3) is 0 Å². The third kappa shape index (κ3) is 2.23. The van der Waals surface area contributed by atoms with E-state index >= 15 is 0 Å². The van der Waals surface area contributed by atoms with Crippen molar-refractivity contribution in [2.45, 2.75) is 24.7 Å². The van der Waals surface area contributed by atoms with Crippen LogP contribution >= 0.6 is 0 Å². The second-order valence-corrected chi connectivity index (χ2v) is 2.51. The molecule has 0 rings (SSSR count). The summed E-state index contributed by atoms with van der Waals surface area (Å²) in [6.07, 6.45) is -3.12. The zero-order valence-corrected chi connectivity index (χ0v) is 6.14. The zero-order valence-electron chi connectivity index (χ0n) is 6.14. The molecule has 0 saturated carbocycles. The summed E-state index contributed by atoms with van der Waals surface area (Å²) in [5, 5.41) is 35.2. The molecular weight excluding hydrogens is 152 g/mol. The summed E-state index contributed by atoms with van der Waals surface area (Å²) >= 11 is 0.